The van der Waals surface area contributed by atoms with Gasteiger partial charge in [-0.25, -0.2) is 0 Å². The number of likely N-dealkylation sites (N-methyl/N-ethyl adjacent to an activating group) is 1. The van der Waals surface area contributed by atoms with Gasteiger partial charge in [-0.05, 0) is 44.6 Å². The lowest BCUT2D eigenvalue weighted by Crippen LogP contribution is -2.35. The van der Waals surface area contributed by atoms with Gasteiger partial charge in [0.2, 0.25) is 0 Å². The van der Waals surface area contributed by atoms with Crippen LogP contribution in [0.2, 0.25) is 0 Å². The molecule has 4 heteroatoms. The Balaban J connectivity index is 1.96. The lowest BCUT2D eigenvalue weighted by Gasteiger charge is -2.22. The Morgan fingerprint density at radius 1 is 1.50 bits per heavy atom. The topological polar surface area (TPSA) is 24.5 Å². The van der Waals surface area contributed by atoms with Gasteiger partial charge in [-0.1, -0.05) is 15.9 Å². The third kappa shape index (κ3) is 3.70. The van der Waals surface area contributed by atoms with Crippen LogP contribution < -0.4 is 10.1 Å². The quantitative estimate of drug-likeness (QED) is 0.904. The molecule has 2 rings (SSSR count). The maximum absolute atomic E-state index is 5.41. The van der Waals surface area contributed by atoms with E-state index in [1.165, 1.54) is 24.9 Å². The first kappa shape index (κ1) is 13.8. The summed E-state index contributed by atoms with van der Waals surface area (Å²) < 4.78 is 6.51. The number of benzene rings is 1. The van der Waals surface area contributed by atoms with Crippen molar-refractivity contribution in [3.63, 3.8) is 0 Å². The fourth-order valence-corrected chi connectivity index (χ4v) is 2.92. The fraction of sp³-hybridized carbons (Fsp3) is 0.571. The van der Waals surface area contributed by atoms with Crippen LogP contribution in [0.1, 0.15) is 18.4 Å². The van der Waals surface area contributed by atoms with Crippen LogP contribution >= 0.6 is 15.9 Å². The molecule has 18 heavy (non-hydrogen) atoms. The number of nitrogens with zero attached hydrogens (tertiary/aromatic N) is 1. The second kappa shape index (κ2) is 6.55. The van der Waals surface area contributed by atoms with Crippen LogP contribution in [0.4, 0.5) is 0 Å². The average molecular weight is 313 g/mol. The van der Waals surface area contributed by atoms with E-state index in [1.807, 2.05) is 12.1 Å². The molecule has 1 aromatic rings. The highest BCUT2D eigenvalue weighted by atomic mass is 79.9. The largest absolute Gasteiger partial charge is 0.496 e. The molecule has 0 saturated carbocycles. The summed E-state index contributed by atoms with van der Waals surface area (Å²) in [6.45, 7) is 3.18. The van der Waals surface area contributed by atoms with Crippen molar-refractivity contribution in [2.75, 3.05) is 27.2 Å². The van der Waals surface area contributed by atoms with Crippen molar-refractivity contribution in [2.45, 2.75) is 25.4 Å². The fourth-order valence-electron chi connectivity index (χ4n) is 2.51. The Morgan fingerprint density at radius 3 is 3.00 bits per heavy atom. The normalized spacial score (nSPS) is 19.4. The molecule has 0 radical (unpaired) electrons. The van der Waals surface area contributed by atoms with Crippen molar-refractivity contribution in [2.24, 2.45) is 0 Å². The molecule has 0 amide bonds. The van der Waals surface area contributed by atoms with Gasteiger partial charge in [-0.2, -0.15) is 0 Å². The van der Waals surface area contributed by atoms with Gasteiger partial charge in [0.1, 0.15) is 5.75 Å². The smallest absolute Gasteiger partial charge is 0.123 e. The zero-order valence-electron chi connectivity index (χ0n) is 11.1. The van der Waals surface area contributed by atoms with Crippen molar-refractivity contribution < 1.29 is 4.74 Å². The maximum Gasteiger partial charge on any atom is 0.123 e. The lowest BCUT2D eigenvalue weighted by molar-refractivity contribution is 0.287. The van der Waals surface area contributed by atoms with E-state index < -0.39 is 0 Å². The molecule has 0 aliphatic carbocycles. The van der Waals surface area contributed by atoms with Crippen molar-refractivity contribution in [3.8, 4) is 5.75 Å². The minimum Gasteiger partial charge on any atom is -0.496 e. The third-order valence-corrected chi connectivity index (χ3v) is 3.87. The monoisotopic (exact) mass is 312 g/mol. The van der Waals surface area contributed by atoms with E-state index in [0.717, 1.165) is 23.3 Å². The van der Waals surface area contributed by atoms with E-state index in [2.05, 4.69) is 39.3 Å². The number of rotatable bonds is 5. The molecule has 0 bridgehead atoms. The highest BCUT2D eigenvalue weighted by Crippen LogP contribution is 2.24. The van der Waals surface area contributed by atoms with Crippen LogP contribution in [0.25, 0.3) is 0 Å². The predicted octanol–water partition coefficient (Wildman–Crippen LogP) is 2.64. The van der Waals surface area contributed by atoms with Crippen LogP contribution in [0.15, 0.2) is 22.7 Å². The van der Waals surface area contributed by atoms with Crippen LogP contribution in [0, 0.1) is 0 Å². The predicted molar refractivity (Wildman–Crippen MR) is 78.1 cm³/mol. The van der Waals surface area contributed by atoms with Crippen LogP contribution in [0.3, 0.4) is 0 Å². The van der Waals surface area contributed by atoms with E-state index in [4.69, 9.17) is 4.74 Å². The molecule has 100 valence electrons. The highest BCUT2D eigenvalue weighted by molar-refractivity contribution is 9.10. The van der Waals surface area contributed by atoms with Crippen LogP contribution in [-0.2, 0) is 6.54 Å². The number of ether oxygens (including phenoxy) is 1. The van der Waals surface area contributed by atoms with Gasteiger partial charge in [0.25, 0.3) is 0 Å². The van der Waals surface area contributed by atoms with E-state index in [9.17, 15) is 0 Å². The summed E-state index contributed by atoms with van der Waals surface area (Å²) in [4.78, 5) is 2.35. The summed E-state index contributed by atoms with van der Waals surface area (Å²) in [6.07, 6.45) is 2.60. The molecule has 1 aliphatic rings. The Hall–Kier alpha value is -0.580. The molecule has 1 aliphatic heterocycles. The third-order valence-electron chi connectivity index (χ3n) is 3.38. The lowest BCUT2D eigenvalue weighted by atomic mass is 10.1. The van der Waals surface area contributed by atoms with Crippen molar-refractivity contribution in [1.29, 1.82) is 0 Å². The maximum atomic E-state index is 5.41. The zero-order valence-corrected chi connectivity index (χ0v) is 12.7. The van der Waals surface area contributed by atoms with Crippen LogP contribution in [0.5, 0.6) is 5.75 Å². The summed E-state index contributed by atoms with van der Waals surface area (Å²) in [6, 6.07) is 6.81. The molecule has 1 unspecified atom stereocenters. The van der Waals surface area contributed by atoms with Gasteiger partial charge in [-0.3, -0.25) is 0 Å². The molecule has 1 aromatic carbocycles. The average Bonchev–Trinajstić information content (AvgIpc) is 2.82. The molecule has 1 saturated heterocycles. The van der Waals surface area contributed by atoms with E-state index in [0.29, 0.717) is 6.04 Å². The van der Waals surface area contributed by atoms with Gasteiger partial charge in [0.05, 0.1) is 7.11 Å². The molecule has 1 fully saturated rings. The van der Waals surface area contributed by atoms with Gasteiger partial charge in [0, 0.05) is 29.2 Å². The molecular formula is C14H21BrN2O. The second-order valence-electron chi connectivity index (χ2n) is 4.95. The summed E-state index contributed by atoms with van der Waals surface area (Å²) in [5, 5.41) is 3.53. The van der Waals surface area contributed by atoms with Crippen LogP contribution in [-0.4, -0.2) is 38.2 Å². The molecule has 1 heterocycles. The molecular weight excluding hydrogens is 292 g/mol. The minimum atomic E-state index is 0.646. The van der Waals surface area contributed by atoms with E-state index in [1.54, 1.807) is 7.11 Å². The minimum absolute atomic E-state index is 0.646. The highest BCUT2D eigenvalue weighted by Gasteiger charge is 2.16. The summed E-state index contributed by atoms with van der Waals surface area (Å²) in [7, 11) is 3.89. The first-order chi connectivity index (χ1) is 8.69. The summed E-state index contributed by atoms with van der Waals surface area (Å²) in [5.41, 5.74) is 1.23. The summed E-state index contributed by atoms with van der Waals surface area (Å²) in [5.74, 6) is 0.962. The first-order valence-electron chi connectivity index (χ1n) is 6.43. The number of hydrogen-bond acceptors (Lipinski definition) is 3. The van der Waals surface area contributed by atoms with Crippen molar-refractivity contribution >= 4 is 15.9 Å². The number of halogens is 1. The number of hydrogen-bond donors (Lipinski definition) is 1. The molecule has 3 nitrogen and oxygen atoms in total. The SMILES string of the molecule is COc1ccc(Br)cc1CN(C)CC1CCCN1. The number of nitrogens with one attached hydrogen (secondary N) is 1. The van der Waals surface area contributed by atoms with Gasteiger partial charge < -0.3 is 15.0 Å². The zero-order chi connectivity index (χ0) is 13.0. The van der Waals surface area contributed by atoms with Crippen molar-refractivity contribution in [1.82, 2.24) is 10.2 Å². The Labute approximate surface area is 118 Å². The molecule has 1 atom stereocenters. The Bertz CT molecular complexity index is 391. The Kier molecular flexibility index (Phi) is 5.03. The Morgan fingerprint density at radius 2 is 2.33 bits per heavy atom. The van der Waals surface area contributed by atoms with E-state index in [-0.39, 0.29) is 0 Å². The first-order valence-corrected chi connectivity index (χ1v) is 7.22. The standard InChI is InChI=1S/C14H21BrN2O/c1-17(10-13-4-3-7-16-13)9-11-8-12(15)5-6-14(11)18-2/h5-6,8,13,16H,3-4,7,9-10H2,1-2H3. The second-order valence-corrected chi connectivity index (χ2v) is 5.86. The summed E-state index contributed by atoms with van der Waals surface area (Å²) >= 11 is 3.52. The van der Waals surface area contributed by atoms with Crippen molar-refractivity contribution in [3.05, 3.63) is 28.2 Å². The van der Waals surface area contributed by atoms with Gasteiger partial charge in [0.15, 0.2) is 0 Å². The molecule has 0 spiro atoms. The number of methoxy groups -OCH3 is 1. The van der Waals surface area contributed by atoms with Gasteiger partial charge >= 0.3 is 0 Å². The molecule has 1 N–H and O–H groups in total. The molecule has 0 aromatic heterocycles. The van der Waals surface area contributed by atoms with E-state index >= 15 is 0 Å². The van der Waals surface area contributed by atoms with Gasteiger partial charge in [-0.15, -0.1) is 0 Å².